The molecule has 4 nitrogen and oxygen atoms in total. The maximum absolute atomic E-state index is 11.0. The van der Waals surface area contributed by atoms with E-state index in [0.717, 1.165) is 22.6 Å². The predicted octanol–water partition coefficient (Wildman–Crippen LogP) is 4.95. The SMILES string of the molecule is OC(c1cccnc1)c1c(C2=CCCS2)noc1-c1ccc(Cl)cc1. The van der Waals surface area contributed by atoms with Gasteiger partial charge in [-0.05, 0) is 36.8 Å². The molecule has 1 N–H and O–H groups in total. The molecule has 3 aromatic rings. The van der Waals surface area contributed by atoms with Crippen molar-refractivity contribution in [1.82, 2.24) is 10.1 Å². The van der Waals surface area contributed by atoms with E-state index in [4.69, 9.17) is 16.1 Å². The van der Waals surface area contributed by atoms with E-state index in [1.54, 1.807) is 42.4 Å². The number of allylic oxidation sites excluding steroid dienone is 1. The van der Waals surface area contributed by atoms with Crippen molar-refractivity contribution >= 4 is 28.3 Å². The van der Waals surface area contributed by atoms with Crippen LogP contribution in [-0.2, 0) is 0 Å². The largest absolute Gasteiger partial charge is 0.383 e. The number of aliphatic hydroxyl groups is 1. The number of hydrogen-bond acceptors (Lipinski definition) is 5. The number of thioether (sulfide) groups is 1. The van der Waals surface area contributed by atoms with Crippen LogP contribution < -0.4 is 0 Å². The smallest absolute Gasteiger partial charge is 0.173 e. The minimum absolute atomic E-state index is 0.552. The van der Waals surface area contributed by atoms with E-state index in [-0.39, 0.29) is 0 Å². The van der Waals surface area contributed by atoms with Gasteiger partial charge in [0.15, 0.2) is 5.76 Å². The lowest BCUT2D eigenvalue weighted by atomic mass is 9.97. The van der Waals surface area contributed by atoms with E-state index in [9.17, 15) is 5.11 Å². The van der Waals surface area contributed by atoms with Crippen LogP contribution in [0.2, 0.25) is 5.02 Å². The fourth-order valence-electron chi connectivity index (χ4n) is 2.83. The molecular formula is C19H15ClN2O2S. The van der Waals surface area contributed by atoms with Crippen molar-refractivity contribution in [3.05, 3.63) is 76.7 Å². The second-order valence-electron chi connectivity index (χ2n) is 5.68. The van der Waals surface area contributed by atoms with Crippen LogP contribution >= 0.6 is 23.4 Å². The Bertz CT molecular complexity index is 907. The van der Waals surface area contributed by atoms with Gasteiger partial charge in [0.1, 0.15) is 11.8 Å². The summed E-state index contributed by atoms with van der Waals surface area (Å²) >= 11 is 7.71. The van der Waals surface area contributed by atoms with E-state index >= 15 is 0 Å². The van der Waals surface area contributed by atoms with Gasteiger partial charge in [-0.15, -0.1) is 11.8 Å². The van der Waals surface area contributed by atoms with Crippen LogP contribution in [0.25, 0.3) is 16.2 Å². The molecule has 0 aliphatic carbocycles. The molecule has 0 radical (unpaired) electrons. The fourth-order valence-corrected chi connectivity index (χ4v) is 3.93. The minimum atomic E-state index is -0.872. The highest BCUT2D eigenvalue weighted by Gasteiger charge is 2.28. The number of hydrogen-bond donors (Lipinski definition) is 1. The van der Waals surface area contributed by atoms with Gasteiger partial charge in [0.05, 0.1) is 5.56 Å². The van der Waals surface area contributed by atoms with Crippen molar-refractivity contribution in [2.24, 2.45) is 0 Å². The van der Waals surface area contributed by atoms with Gasteiger partial charge in [-0.2, -0.15) is 0 Å². The molecule has 0 spiro atoms. The van der Waals surface area contributed by atoms with E-state index in [2.05, 4.69) is 16.2 Å². The van der Waals surface area contributed by atoms with Gasteiger partial charge in [-0.1, -0.05) is 28.9 Å². The molecule has 25 heavy (non-hydrogen) atoms. The molecule has 0 saturated carbocycles. The molecule has 0 bridgehead atoms. The van der Waals surface area contributed by atoms with Crippen LogP contribution in [0.3, 0.4) is 0 Å². The second kappa shape index (κ2) is 7.04. The van der Waals surface area contributed by atoms with Crippen LogP contribution in [0.1, 0.15) is 29.3 Å². The summed E-state index contributed by atoms with van der Waals surface area (Å²) in [7, 11) is 0. The molecule has 6 heteroatoms. The summed E-state index contributed by atoms with van der Waals surface area (Å²) in [6.07, 6.45) is 5.59. The Balaban J connectivity index is 1.86. The lowest BCUT2D eigenvalue weighted by Gasteiger charge is -2.12. The maximum Gasteiger partial charge on any atom is 0.173 e. The zero-order valence-corrected chi connectivity index (χ0v) is 14.8. The van der Waals surface area contributed by atoms with Crippen LogP contribution in [-0.4, -0.2) is 21.0 Å². The summed E-state index contributed by atoms with van der Waals surface area (Å²) in [5.41, 5.74) is 2.88. The normalized spacial score (nSPS) is 15.2. The van der Waals surface area contributed by atoms with Crippen molar-refractivity contribution in [2.45, 2.75) is 12.5 Å². The molecular weight excluding hydrogens is 356 g/mol. The molecule has 0 fully saturated rings. The molecule has 2 aromatic heterocycles. The summed E-state index contributed by atoms with van der Waals surface area (Å²) < 4.78 is 5.65. The molecule has 126 valence electrons. The van der Waals surface area contributed by atoms with E-state index < -0.39 is 6.10 Å². The Labute approximate surface area is 154 Å². The van der Waals surface area contributed by atoms with Crippen LogP contribution in [0.5, 0.6) is 0 Å². The van der Waals surface area contributed by atoms with Gasteiger partial charge in [-0.25, -0.2) is 0 Å². The summed E-state index contributed by atoms with van der Waals surface area (Å²) in [5.74, 6) is 1.57. The topological polar surface area (TPSA) is 59.2 Å². The van der Waals surface area contributed by atoms with Gasteiger partial charge >= 0.3 is 0 Å². The lowest BCUT2D eigenvalue weighted by molar-refractivity contribution is 0.219. The van der Waals surface area contributed by atoms with Crippen molar-refractivity contribution < 1.29 is 9.63 Å². The summed E-state index contributed by atoms with van der Waals surface area (Å²) in [4.78, 5) is 5.15. The number of nitrogens with zero attached hydrogens (tertiary/aromatic N) is 2. The third kappa shape index (κ3) is 3.23. The van der Waals surface area contributed by atoms with Crippen LogP contribution in [0.4, 0.5) is 0 Å². The molecule has 1 aliphatic heterocycles. The first-order valence-corrected chi connectivity index (χ1v) is 9.27. The number of pyridine rings is 1. The average molecular weight is 371 g/mol. The third-order valence-corrected chi connectivity index (χ3v) is 5.41. The van der Waals surface area contributed by atoms with Crippen molar-refractivity contribution in [2.75, 3.05) is 5.75 Å². The van der Waals surface area contributed by atoms with Crippen molar-refractivity contribution in [3.63, 3.8) is 0 Å². The zero-order valence-electron chi connectivity index (χ0n) is 13.2. The number of aliphatic hydroxyl groups excluding tert-OH is 1. The standard InChI is InChI=1S/C19H15ClN2O2S/c20-14-7-5-12(6-8-14)19-16(18(23)13-3-1-9-21-11-13)17(22-24-19)15-4-2-10-25-15/h1,3-9,11,18,23H,2,10H2. The summed E-state index contributed by atoms with van der Waals surface area (Å²) in [5, 5.41) is 15.9. The van der Waals surface area contributed by atoms with Crippen molar-refractivity contribution in [1.29, 1.82) is 0 Å². The van der Waals surface area contributed by atoms with E-state index in [0.29, 0.717) is 27.6 Å². The average Bonchev–Trinajstić information content (AvgIpc) is 3.32. The van der Waals surface area contributed by atoms with Crippen molar-refractivity contribution in [3.8, 4) is 11.3 Å². The zero-order chi connectivity index (χ0) is 17.2. The van der Waals surface area contributed by atoms with Gasteiger partial charge in [0, 0.05) is 39.2 Å². The Morgan fingerprint density at radius 1 is 1.20 bits per heavy atom. The maximum atomic E-state index is 11.0. The second-order valence-corrected chi connectivity index (χ2v) is 7.25. The molecule has 1 atom stereocenters. The van der Waals surface area contributed by atoms with Crippen LogP contribution in [0, 0.1) is 0 Å². The third-order valence-electron chi connectivity index (χ3n) is 4.05. The van der Waals surface area contributed by atoms with E-state index in [1.165, 1.54) is 0 Å². The Kier molecular flexibility index (Phi) is 4.61. The lowest BCUT2D eigenvalue weighted by Crippen LogP contribution is -2.03. The van der Waals surface area contributed by atoms with Gasteiger partial charge < -0.3 is 9.63 Å². The number of aromatic nitrogens is 2. The monoisotopic (exact) mass is 370 g/mol. The summed E-state index contributed by atoms with van der Waals surface area (Å²) in [6.45, 7) is 0. The molecule has 1 aliphatic rings. The highest BCUT2D eigenvalue weighted by atomic mass is 35.5. The minimum Gasteiger partial charge on any atom is -0.383 e. The molecule has 3 heterocycles. The van der Waals surface area contributed by atoms with Gasteiger partial charge in [0.2, 0.25) is 0 Å². The molecule has 4 rings (SSSR count). The highest BCUT2D eigenvalue weighted by molar-refractivity contribution is 8.08. The first kappa shape index (κ1) is 16.4. The fraction of sp³-hybridized carbons (Fsp3) is 0.158. The quantitative estimate of drug-likeness (QED) is 0.704. The molecule has 0 amide bonds. The number of halogens is 1. The molecule has 1 unspecified atom stereocenters. The molecule has 0 saturated heterocycles. The van der Waals surface area contributed by atoms with Crippen LogP contribution in [0.15, 0.2) is 59.4 Å². The van der Waals surface area contributed by atoms with Gasteiger partial charge in [-0.3, -0.25) is 4.98 Å². The Morgan fingerprint density at radius 3 is 2.72 bits per heavy atom. The highest BCUT2D eigenvalue weighted by Crippen LogP contribution is 2.42. The number of benzene rings is 1. The predicted molar refractivity (Wildman–Crippen MR) is 100 cm³/mol. The number of rotatable bonds is 4. The Hall–Kier alpha value is -2.08. The summed E-state index contributed by atoms with van der Waals surface area (Å²) in [6, 6.07) is 11.0. The first-order chi connectivity index (χ1) is 12.2. The first-order valence-electron chi connectivity index (χ1n) is 7.91. The van der Waals surface area contributed by atoms with Gasteiger partial charge in [0.25, 0.3) is 0 Å². The Morgan fingerprint density at radius 2 is 2.04 bits per heavy atom. The molecule has 1 aromatic carbocycles. The van der Waals surface area contributed by atoms with E-state index in [1.807, 2.05) is 18.2 Å².